The monoisotopic (exact) mass is 228 g/mol. The van der Waals surface area contributed by atoms with Crippen molar-refractivity contribution in [1.82, 2.24) is 4.90 Å². The van der Waals surface area contributed by atoms with Crippen molar-refractivity contribution >= 4 is 11.9 Å². The minimum absolute atomic E-state index is 0.0210. The molecule has 0 radical (unpaired) electrons. The van der Waals surface area contributed by atoms with Crippen LogP contribution in [0.15, 0.2) is 0 Å². The second-order valence-corrected chi connectivity index (χ2v) is 5.17. The lowest BCUT2D eigenvalue weighted by atomic mass is 9.89. The SMILES string of the molecule is CC(C)C(C(=O)O)N1CCC(C)(C(N)=O)C1. The van der Waals surface area contributed by atoms with E-state index in [-0.39, 0.29) is 11.8 Å². The summed E-state index contributed by atoms with van der Waals surface area (Å²) in [5.74, 6) is -1.15. The molecule has 0 aromatic carbocycles. The van der Waals surface area contributed by atoms with Gasteiger partial charge in [0, 0.05) is 13.1 Å². The van der Waals surface area contributed by atoms with Crippen LogP contribution in [-0.2, 0) is 9.59 Å². The predicted octanol–water partition coefficient (Wildman–Crippen LogP) is 0.293. The number of nitrogens with zero attached hydrogens (tertiary/aromatic N) is 1. The Bertz CT molecular complexity index is 304. The van der Waals surface area contributed by atoms with Gasteiger partial charge in [0.25, 0.3) is 0 Å². The molecule has 1 fully saturated rings. The summed E-state index contributed by atoms with van der Waals surface area (Å²) >= 11 is 0. The van der Waals surface area contributed by atoms with Crippen LogP contribution in [0.3, 0.4) is 0 Å². The third-order valence-corrected chi connectivity index (χ3v) is 3.38. The molecule has 0 aliphatic carbocycles. The zero-order chi connectivity index (χ0) is 12.5. The summed E-state index contributed by atoms with van der Waals surface area (Å²) in [4.78, 5) is 24.3. The molecular formula is C11H20N2O3. The number of hydrogen-bond acceptors (Lipinski definition) is 3. The molecule has 1 amide bonds. The fraction of sp³-hybridized carbons (Fsp3) is 0.818. The van der Waals surface area contributed by atoms with Gasteiger partial charge in [-0.15, -0.1) is 0 Å². The zero-order valence-electron chi connectivity index (χ0n) is 10.1. The molecule has 5 nitrogen and oxygen atoms in total. The summed E-state index contributed by atoms with van der Waals surface area (Å²) in [6.45, 7) is 6.61. The molecule has 0 aromatic heterocycles. The molecule has 1 heterocycles. The van der Waals surface area contributed by atoms with Gasteiger partial charge in [-0.3, -0.25) is 14.5 Å². The van der Waals surface area contributed by atoms with Crippen LogP contribution in [0.1, 0.15) is 27.2 Å². The second-order valence-electron chi connectivity index (χ2n) is 5.17. The molecule has 1 aliphatic rings. The predicted molar refractivity (Wildman–Crippen MR) is 59.8 cm³/mol. The number of carboxylic acids is 1. The van der Waals surface area contributed by atoms with Crippen molar-refractivity contribution in [2.45, 2.75) is 33.2 Å². The Morgan fingerprint density at radius 1 is 1.44 bits per heavy atom. The number of carbonyl (C=O) groups excluding carboxylic acids is 1. The van der Waals surface area contributed by atoms with E-state index in [9.17, 15) is 9.59 Å². The van der Waals surface area contributed by atoms with Gasteiger partial charge in [-0.1, -0.05) is 13.8 Å². The van der Waals surface area contributed by atoms with Crippen LogP contribution in [0.2, 0.25) is 0 Å². The summed E-state index contributed by atoms with van der Waals surface area (Å²) in [6, 6.07) is -0.527. The van der Waals surface area contributed by atoms with Crippen LogP contribution in [-0.4, -0.2) is 41.0 Å². The number of amides is 1. The molecule has 92 valence electrons. The van der Waals surface area contributed by atoms with Gasteiger partial charge in [0.1, 0.15) is 6.04 Å². The van der Waals surface area contributed by atoms with Crippen molar-refractivity contribution in [2.75, 3.05) is 13.1 Å². The highest BCUT2D eigenvalue weighted by Gasteiger charge is 2.43. The highest BCUT2D eigenvalue weighted by Crippen LogP contribution is 2.32. The first kappa shape index (κ1) is 13.0. The number of rotatable bonds is 4. The molecule has 1 aliphatic heterocycles. The maximum atomic E-state index is 11.3. The van der Waals surface area contributed by atoms with E-state index in [2.05, 4.69) is 0 Å². The third kappa shape index (κ3) is 2.35. The fourth-order valence-electron chi connectivity index (χ4n) is 2.30. The Hall–Kier alpha value is -1.10. The largest absolute Gasteiger partial charge is 0.480 e. The van der Waals surface area contributed by atoms with E-state index >= 15 is 0 Å². The van der Waals surface area contributed by atoms with Crippen LogP contribution >= 0.6 is 0 Å². The molecular weight excluding hydrogens is 208 g/mol. The molecule has 2 atom stereocenters. The second kappa shape index (κ2) is 4.41. The van der Waals surface area contributed by atoms with E-state index in [0.717, 1.165) is 0 Å². The summed E-state index contributed by atoms with van der Waals surface area (Å²) in [7, 11) is 0. The molecule has 0 bridgehead atoms. The van der Waals surface area contributed by atoms with Gasteiger partial charge in [-0.25, -0.2) is 0 Å². The number of likely N-dealkylation sites (tertiary alicyclic amines) is 1. The Balaban J connectivity index is 2.78. The summed E-state index contributed by atoms with van der Waals surface area (Å²) < 4.78 is 0. The van der Waals surface area contributed by atoms with Crippen molar-refractivity contribution in [3.63, 3.8) is 0 Å². The van der Waals surface area contributed by atoms with E-state index in [1.807, 2.05) is 18.7 Å². The Labute approximate surface area is 95.6 Å². The molecule has 1 rings (SSSR count). The lowest BCUT2D eigenvalue weighted by Gasteiger charge is -2.28. The summed E-state index contributed by atoms with van der Waals surface area (Å²) in [6.07, 6.45) is 0.638. The van der Waals surface area contributed by atoms with E-state index < -0.39 is 17.4 Å². The molecule has 2 unspecified atom stereocenters. The van der Waals surface area contributed by atoms with Crippen LogP contribution in [0.25, 0.3) is 0 Å². The molecule has 0 spiro atoms. The quantitative estimate of drug-likeness (QED) is 0.724. The molecule has 3 N–H and O–H groups in total. The van der Waals surface area contributed by atoms with Crippen molar-refractivity contribution in [1.29, 1.82) is 0 Å². The minimum Gasteiger partial charge on any atom is -0.480 e. The van der Waals surface area contributed by atoms with Gasteiger partial charge in [0.05, 0.1) is 5.41 Å². The Morgan fingerprint density at radius 3 is 2.31 bits per heavy atom. The Morgan fingerprint density at radius 2 is 2.00 bits per heavy atom. The van der Waals surface area contributed by atoms with Crippen molar-refractivity contribution < 1.29 is 14.7 Å². The van der Waals surface area contributed by atoms with Gasteiger partial charge in [-0.05, 0) is 19.3 Å². The molecule has 0 aromatic rings. The number of carbonyl (C=O) groups is 2. The van der Waals surface area contributed by atoms with Crippen molar-refractivity contribution in [3.8, 4) is 0 Å². The zero-order valence-corrected chi connectivity index (χ0v) is 10.1. The smallest absolute Gasteiger partial charge is 0.321 e. The number of hydrogen-bond donors (Lipinski definition) is 2. The highest BCUT2D eigenvalue weighted by molar-refractivity contribution is 5.81. The average molecular weight is 228 g/mol. The first-order chi connectivity index (χ1) is 7.28. The highest BCUT2D eigenvalue weighted by atomic mass is 16.4. The molecule has 5 heteroatoms. The van der Waals surface area contributed by atoms with Gasteiger partial charge in [0.15, 0.2) is 0 Å². The van der Waals surface area contributed by atoms with Crippen LogP contribution < -0.4 is 5.73 Å². The lowest BCUT2D eigenvalue weighted by Crippen LogP contribution is -2.46. The van der Waals surface area contributed by atoms with E-state index in [4.69, 9.17) is 10.8 Å². The van der Waals surface area contributed by atoms with Crippen molar-refractivity contribution in [2.24, 2.45) is 17.1 Å². The Kier molecular flexibility index (Phi) is 3.57. The average Bonchev–Trinajstić information content (AvgIpc) is 2.48. The van der Waals surface area contributed by atoms with Gasteiger partial charge >= 0.3 is 5.97 Å². The minimum atomic E-state index is -0.830. The van der Waals surface area contributed by atoms with E-state index in [1.54, 1.807) is 6.92 Å². The van der Waals surface area contributed by atoms with Crippen LogP contribution in [0.5, 0.6) is 0 Å². The van der Waals surface area contributed by atoms with E-state index in [1.165, 1.54) is 0 Å². The number of carboxylic acid groups (broad SMARTS) is 1. The van der Waals surface area contributed by atoms with Crippen LogP contribution in [0.4, 0.5) is 0 Å². The normalized spacial score (nSPS) is 28.2. The third-order valence-electron chi connectivity index (χ3n) is 3.38. The van der Waals surface area contributed by atoms with Gasteiger partial charge in [-0.2, -0.15) is 0 Å². The topological polar surface area (TPSA) is 83.6 Å². The van der Waals surface area contributed by atoms with Gasteiger partial charge in [0.2, 0.25) is 5.91 Å². The first-order valence-electron chi connectivity index (χ1n) is 5.55. The molecule has 0 saturated carbocycles. The van der Waals surface area contributed by atoms with E-state index in [0.29, 0.717) is 19.5 Å². The number of aliphatic carboxylic acids is 1. The maximum absolute atomic E-state index is 11.3. The standard InChI is InChI=1S/C11H20N2O3/c1-7(2)8(9(14)15)13-5-4-11(3,6-13)10(12)16/h7-8H,4-6H2,1-3H3,(H2,12,16)(H,14,15). The molecule has 16 heavy (non-hydrogen) atoms. The summed E-state index contributed by atoms with van der Waals surface area (Å²) in [5, 5.41) is 9.16. The fourth-order valence-corrected chi connectivity index (χ4v) is 2.30. The van der Waals surface area contributed by atoms with Crippen molar-refractivity contribution in [3.05, 3.63) is 0 Å². The first-order valence-corrected chi connectivity index (χ1v) is 5.55. The number of nitrogens with two attached hydrogens (primary N) is 1. The van der Waals surface area contributed by atoms with Crippen LogP contribution in [0, 0.1) is 11.3 Å². The molecule has 1 saturated heterocycles. The lowest BCUT2D eigenvalue weighted by molar-refractivity contribution is -0.145. The maximum Gasteiger partial charge on any atom is 0.321 e. The number of primary amides is 1. The summed E-state index contributed by atoms with van der Waals surface area (Å²) in [5.41, 5.74) is 4.75. The van der Waals surface area contributed by atoms with Gasteiger partial charge < -0.3 is 10.8 Å².